The van der Waals surface area contributed by atoms with Gasteiger partial charge in [0.05, 0.1) is 12.8 Å². The average Bonchev–Trinajstić information content (AvgIpc) is 2.30. The number of ether oxygens (including phenoxy) is 1. The molecule has 0 unspecified atom stereocenters. The highest BCUT2D eigenvalue weighted by atomic mass is 16.5. The van der Waals surface area contributed by atoms with Crippen molar-refractivity contribution in [2.45, 2.75) is 13.3 Å². The number of rotatable bonds is 3. The van der Waals surface area contributed by atoms with Crippen molar-refractivity contribution in [2.75, 3.05) is 19.4 Å². The van der Waals surface area contributed by atoms with Crippen LogP contribution in [-0.2, 0) is 4.79 Å². The zero-order valence-electron chi connectivity index (χ0n) is 9.91. The zero-order valence-corrected chi connectivity index (χ0v) is 9.91. The molecule has 0 aliphatic rings. The Bertz CT molecular complexity index is 461. The van der Waals surface area contributed by atoms with Gasteiger partial charge in [0.15, 0.2) is 0 Å². The van der Waals surface area contributed by atoms with Crippen molar-refractivity contribution < 1.29 is 9.53 Å². The molecule has 90 valence electrons. The minimum Gasteiger partial charge on any atom is -0.479 e. The molecule has 5 nitrogen and oxygen atoms in total. The highest BCUT2D eigenvalue weighted by Crippen LogP contribution is 2.16. The van der Waals surface area contributed by atoms with E-state index >= 15 is 0 Å². The maximum atomic E-state index is 10.6. The van der Waals surface area contributed by atoms with Gasteiger partial charge in [-0.05, 0) is 18.1 Å². The van der Waals surface area contributed by atoms with E-state index in [0.29, 0.717) is 30.2 Å². The summed E-state index contributed by atoms with van der Waals surface area (Å²) in [4.78, 5) is 14.7. The Kier molecular flexibility index (Phi) is 4.82. The number of nitrogens with two attached hydrogens (primary N) is 1. The lowest BCUT2D eigenvalue weighted by atomic mass is 10.3. The van der Waals surface area contributed by atoms with E-state index in [1.54, 1.807) is 12.1 Å². The van der Waals surface area contributed by atoms with Crippen molar-refractivity contribution in [3.63, 3.8) is 0 Å². The van der Waals surface area contributed by atoms with Crippen LogP contribution in [0.2, 0.25) is 0 Å². The molecule has 1 heterocycles. The van der Waals surface area contributed by atoms with Crippen LogP contribution in [0, 0.1) is 11.8 Å². The Balaban J connectivity index is 2.57. The van der Waals surface area contributed by atoms with E-state index in [0.717, 1.165) is 0 Å². The maximum Gasteiger partial charge on any atom is 0.238 e. The minimum atomic E-state index is -0.0564. The van der Waals surface area contributed by atoms with Gasteiger partial charge in [-0.2, -0.15) is 0 Å². The topological polar surface area (TPSA) is 77.2 Å². The van der Waals surface area contributed by atoms with Gasteiger partial charge < -0.3 is 15.8 Å². The van der Waals surface area contributed by atoms with Crippen molar-refractivity contribution in [1.29, 1.82) is 0 Å². The van der Waals surface area contributed by atoms with Crippen molar-refractivity contribution in [3.8, 4) is 17.7 Å². The summed E-state index contributed by atoms with van der Waals surface area (Å²) in [6.07, 6.45) is 0.577. The molecule has 0 atom stereocenters. The van der Waals surface area contributed by atoms with Gasteiger partial charge >= 0.3 is 0 Å². The van der Waals surface area contributed by atoms with Crippen LogP contribution in [0.15, 0.2) is 12.1 Å². The van der Waals surface area contributed by atoms with E-state index in [4.69, 9.17) is 10.5 Å². The number of methoxy groups -OCH3 is 1. The van der Waals surface area contributed by atoms with Crippen LogP contribution < -0.4 is 15.8 Å². The molecule has 17 heavy (non-hydrogen) atoms. The van der Waals surface area contributed by atoms with E-state index < -0.39 is 0 Å². The fourth-order valence-corrected chi connectivity index (χ4v) is 1.14. The molecule has 5 heteroatoms. The van der Waals surface area contributed by atoms with Crippen molar-refractivity contribution in [2.24, 2.45) is 0 Å². The number of aromatic nitrogens is 1. The maximum absolute atomic E-state index is 10.6. The average molecular weight is 233 g/mol. The first-order valence-corrected chi connectivity index (χ1v) is 5.17. The third-order valence-electron chi connectivity index (χ3n) is 1.92. The van der Waals surface area contributed by atoms with E-state index in [1.165, 1.54) is 14.0 Å². The number of carbonyl (C=O) groups is 1. The van der Waals surface area contributed by atoms with Gasteiger partial charge in [-0.1, -0.05) is 5.92 Å². The van der Waals surface area contributed by atoms with Gasteiger partial charge in [0.1, 0.15) is 5.69 Å². The SMILES string of the molecule is COc1nc(C#CCCNC(C)=O)ccc1N. The van der Waals surface area contributed by atoms with Gasteiger partial charge in [-0.3, -0.25) is 4.79 Å². The molecule has 3 N–H and O–H groups in total. The Hall–Kier alpha value is -2.22. The van der Waals surface area contributed by atoms with Gasteiger partial charge in [0, 0.05) is 19.9 Å². The number of nitrogens with one attached hydrogen (secondary N) is 1. The lowest BCUT2D eigenvalue weighted by Crippen LogP contribution is -2.20. The van der Waals surface area contributed by atoms with E-state index in [2.05, 4.69) is 22.1 Å². The summed E-state index contributed by atoms with van der Waals surface area (Å²) in [5.74, 6) is 6.09. The second-order valence-corrected chi connectivity index (χ2v) is 3.33. The van der Waals surface area contributed by atoms with Crippen LogP contribution in [0.1, 0.15) is 19.0 Å². The summed E-state index contributed by atoms with van der Waals surface area (Å²) >= 11 is 0. The number of pyridine rings is 1. The number of carbonyl (C=O) groups excluding carboxylic acids is 1. The first-order chi connectivity index (χ1) is 8.13. The van der Waals surface area contributed by atoms with Gasteiger partial charge in [-0.25, -0.2) is 4.98 Å². The molecule has 0 spiro atoms. The molecule has 0 radical (unpaired) electrons. The molecule has 0 saturated heterocycles. The molecule has 0 aliphatic carbocycles. The largest absolute Gasteiger partial charge is 0.479 e. The number of nitrogens with zero attached hydrogens (tertiary/aromatic N) is 1. The second kappa shape index (κ2) is 6.38. The van der Waals surface area contributed by atoms with Gasteiger partial charge in [-0.15, -0.1) is 0 Å². The number of hydrogen-bond acceptors (Lipinski definition) is 4. The van der Waals surface area contributed by atoms with Gasteiger partial charge in [0.25, 0.3) is 0 Å². The summed E-state index contributed by atoms with van der Waals surface area (Å²) in [5, 5.41) is 2.66. The highest BCUT2D eigenvalue weighted by molar-refractivity contribution is 5.72. The monoisotopic (exact) mass is 233 g/mol. The van der Waals surface area contributed by atoms with Crippen LogP contribution in [0.5, 0.6) is 5.88 Å². The molecule has 1 amide bonds. The Labute approximate surface area is 100 Å². The van der Waals surface area contributed by atoms with Crippen molar-refractivity contribution in [1.82, 2.24) is 10.3 Å². The molecule has 0 fully saturated rings. The van der Waals surface area contributed by atoms with E-state index in [1.807, 2.05) is 0 Å². The normalized spacial score (nSPS) is 9.06. The molecule has 0 saturated carbocycles. The molecule has 1 rings (SSSR count). The highest BCUT2D eigenvalue weighted by Gasteiger charge is 2.00. The van der Waals surface area contributed by atoms with E-state index in [-0.39, 0.29) is 5.91 Å². The summed E-state index contributed by atoms with van der Waals surface area (Å²) in [6.45, 7) is 2.01. The molecule has 1 aromatic heterocycles. The second-order valence-electron chi connectivity index (χ2n) is 3.33. The third-order valence-corrected chi connectivity index (χ3v) is 1.92. The predicted molar refractivity (Wildman–Crippen MR) is 65.4 cm³/mol. The molecular weight excluding hydrogens is 218 g/mol. The lowest BCUT2D eigenvalue weighted by molar-refractivity contribution is -0.118. The quantitative estimate of drug-likeness (QED) is 0.590. The van der Waals surface area contributed by atoms with Crippen LogP contribution >= 0.6 is 0 Å². The van der Waals surface area contributed by atoms with Crippen LogP contribution in [0.4, 0.5) is 5.69 Å². The molecular formula is C12H15N3O2. The Morgan fingerprint density at radius 1 is 1.59 bits per heavy atom. The summed E-state index contributed by atoms with van der Waals surface area (Å²) in [7, 11) is 1.51. The summed E-state index contributed by atoms with van der Waals surface area (Å²) in [5.41, 5.74) is 6.71. The van der Waals surface area contributed by atoms with Crippen LogP contribution in [0.25, 0.3) is 0 Å². The van der Waals surface area contributed by atoms with Crippen molar-refractivity contribution in [3.05, 3.63) is 17.8 Å². The zero-order chi connectivity index (χ0) is 12.7. The number of hydrogen-bond donors (Lipinski definition) is 2. The minimum absolute atomic E-state index is 0.0564. The third kappa shape index (κ3) is 4.43. The first kappa shape index (κ1) is 12.8. The Morgan fingerprint density at radius 3 is 3.00 bits per heavy atom. The smallest absolute Gasteiger partial charge is 0.238 e. The first-order valence-electron chi connectivity index (χ1n) is 5.17. The predicted octanol–water partition coefficient (Wildman–Crippen LogP) is 0.550. The van der Waals surface area contributed by atoms with Crippen LogP contribution in [-0.4, -0.2) is 24.5 Å². The van der Waals surface area contributed by atoms with E-state index in [9.17, 15) is 4.79 Å². The summed E-state index contributed by atoms with van der Waals surface area (Å²) in [6, 6.07) is 3.42. The van der Waals surface area contributed by atoms with Gasteiger partial charge in [0.2, 0.25) is 11.8 Å². The number of anilines is 1. The molecule has 0 aromatic carbocycles. The number of amides is 1. The van der Waals surface area contributed by atoms with Crippen molar-refractivity contribution >= 4 is 11.6 Å². The molecule has 0 aliphatic heterocycles. The fourth-order valence-electron chi connectivity index (χ4n) is 1.14. The summed E-state index contributed by atoms with van der Waals surface area (Å²) < 4.78 is 4.98. The van der Waals surface area contributed by atoms with Crippen LogP contribution in [0.3, 0.4) is 0 Å². The molecule has 0 bridgehead atoms. The standard InChI is InChI=1S/C12H15N3O2/c1-9(16)14-8-4-3-5-10-6-7-11(13)12(15-10)17-2/h6-7H,4,8,13H2,1-2H3,(H,14,16). The number of nitrogen functional groups attached to an aromatic ring is 1. The molecule has 1 aromatic rings. The Morgan fingerprint density at radius 2 is 2.35 bits per heavy atom. The lowest BCUT2D eigenvalue weighted by Gasteiger charge is -2.02. The fraction of sp³-hybridized carbons (Fsp3) is 0.333.